The van der Waals surface area contributed by atoms with Gasteiger partial charge in [0.2, 0.25) is 0 Å². The van der Waals surface area contributed by atoms with E-state index in [0.29, 0.717) is 29.4 Å². The number of benzene rings is 2. The Morgan fingerprint density at radius 1 is 1.06 bits per heavy atom. The minimum absolute atomic E-state index is 0.0736. The van der Waals surface area contributed by atoms with Crippen LogP contribution < -0.4 is 9.64 Å². The van der Waals surface area contributed by atoms with Crippen molar-refractivity contribution in [1.29, 1.82) is 0 Å². The highest BCUT2D eigenvalue weighted by molar-refractivity contribution is 6.51. The van der Waals surface area contributed by atoms with Gasteiger partial charge in [-0.1, -0.05) is 38.1 Å². The van der Waals surface area contributed by atoms with Crippen LogP contribution in [0, 0.1) is 5.92 Å². The zero-order chi connectivity index (χ0) is 23.5. The van der Waals surface area contributed by atoms with Crippen molar-refractivity contribution < 1.29 is 24.5 Å². The van der Waals surface area contributed by atoms with Crippen molar-refractivity contribution in [2.45, 2.75) is 19.9 Å². The third kappa shape index (κ3) is 4.30. The number of para-hydroxylation sites is 2. The van der Waals surface area contributed by atoms with Gasteiger partial charge in [-0.15, -0.1) is 0 Å². The molecule has 1 aliphatic rings. The fourth-order valence-electron chi connectivity index (χ4n) is 3.76. The molecule has 2 aromatic carbocycles. The smallest absolute Gasteiger partial charge is 0.300 e. The number of hydrogen-bond acceptors (Lipinski definition) is 6. The van der Waals surface area contributed by atoms with Gasteiger partial charge in [-0.25, -0.2) is 0 Å². The third-order valence-electron chi connectivity index (χ3n) is 5.30. The predicted octanol–water partition coefficient (Wildman–Crippen LogP) is 4.45. The summed E-state index contributed by atoms with van der Waals surface area (Å²) in [7, 11) is 0. The standard InChI is InChI=1S/C26H24N2O5/c1-16(2)15-33-19-7-5-6-18(14-19)24(30)22-23(17-10-12-27-13-11-17)28(26(32)25(22)31)20-8-3-4-9-21(20)29/h3-14,16,23,29-30H,15H2,1-2H3/b24-22+. The minimum Gasteiger partial charge on any atom is -0.507 e. The molecule has 168 valence electrons. The normalized spacial score (nSPS) is 17.5. The van der Waals surface area contributed by atoms with E-state index in [2.05, 4.69) is 4.98 Å². The first-order valence-electron chi connectivity index (χ1n) is 10.6. The molecule has 0 bridgehead atoms. The first-order chi connectivity index (χ1) is 15.9. The lowest BCUT2D eigenvalue weighted by molar-refractivity contribution is -0.132. The van der Waals surface area contributed by atoms with Crippen LogP contribution >= 0.6 is 0 Å². The predicted molar refractivity (Wildman–Crippen MR) is 124 cm³/mol. The number of hydrogen-bond donors (Lipinski definition) is 2. The Bertz CT molecular complexity index is 1220. The van der Waals surface area contributed by atoms with Crippen LogP contribution in [0.15, 0.2) is 78.6 Å². The molecule has 7 heteroatoms. The molecule has 1 amide bonds. The Morgan fingerprint density at radius 2 is 1.79 bits per heavy atom. The van der Waals surface area contributed by atoms with Crippen LogP contribution in [0.2, 0.25) is 0 Å². The molecule has 33 heavy (non-hydrogen) atoms. The lowest BCUT2D eigenvalue weighted by Gasteiger charge is -2.25. The molecule has 1 fully saturated rings. The van der Waals surface area contributed by atoms with Crippen LogP contribution in [-0.2, 0) is 9.59 Å². The summed E-state index contributed by atoms with van der Waals surface area (Å²) in [5.41, 5.74) is 1.02. The maximum absolute atomic E-state index is 13.2. The number of anilines is 1. The molecule has 1 atom stereocenters. The Labute approximate surface area is 191 Å². The fraction of sp³-hybridized carbons (Fsp3) is 0.192. The molecular formula is C26H24N2O5. The quantitative estimate of drug-likeness (QED) is 0.331. The zero-order valence-corrected chi connectivity index (χ0v) is 18.3. The molecule has 2 N–H and O–H groups in total. The number of aliphatic hydroxyl groups excluding tert-OH is 1. The number of nitrogens with zero attached hydrogens (tertiary/aromatic N) is 2. The van der Waals surface area contributed by atoms with Gasteiger partial charge in [0.15, 0.2) is 0 Å². The number of carbonyl (C=O) groups excluding carboxylic acids is 2. The summed E-state index contributed by atoms with van der Waals surface area (Å²) in [6.07, 6.45) is 3.08. The molecule has 1 aliphatic heterocycles. The maximum atomic E-state index is 13.2. The number of carbonyl (C=O) groups is 2. The number of ether oxygens (including phenoxy) is 1. The Morgan fingerprint density at radius 3 is 2.48 bits per heavy atom. The highest BCUT2D eigenvalue weighted by Gasteiger charge is 2.47. The number of Topliss-reactive ketones (excluding diaryl/α,β-unsaturated/α-hetero) is 1. The van der Waals surface area contributed by atoms with Crippen LogP contribution in [0.5, 0.6) is 11.5 Å². The summed E-state index contributed by atoms with van der Waals surface area (Å²) in [5.74, 6) is -1.29. The topological polar surface area (TPSA) is 100.0 Å². The lowest BCUT2D eigenvalue weighted by atomic mass is 9.95. The van der Waals surface area contributed by atoms with Gasteiger partial charge in [-0.2, -0.15) is 0 Å². The Balaban J connectivity index is 1.86. The maximum Gasteiger partial charge on any atom is 0.300 e. The van der Waals surface area contributed by atoms with Crippen molar-refractivity contribution in [3.05, 3.63) is 89.8 Å². The van der Waals surface area contributed by atoms with Crippen molar-refractivity contribution in [2.75, 3.05) is 11.5 Å². The molecule has 4 rings (SSSR count). The third-order valence-corrected chi connectivity index (χ3v) is 5.30. The van der Waals surface area contributed by atoms with E-state index in [-0.39, 0.29) is 22.8 Å². The summed E-state index contributed by atoms with van der Waals surface area (Å²) in [6, 6.07) is 15.4. The number of pyridine rings is 1. The molecule has 7 nitrogen and oxygen atoms in total. The number of phenols is 1. The monoisotopic (exact) mass is 444 g/mol. The van der Waals surface area contributed by atoms with Crippen LogP contribution in [-0.4, -0.2) is 33.5 Å². The number of ketones is 1. The van der Waals surface area contributed by atoms with Crippen molar-refractivity contribution in [3.63, 3.8) is 0 Å². The van der Waals surface area contributed by atoms with Gasteiger partial charge in [-0.3, -0.25) is 19.5 Å². The van der Waals surface area contributed by atoms with Gasteiger partial charge in [0.05, 0.1) is 23.9 Å². The van der Waals surface area contributed by atoms with E-state index in [1.54, 1.807) is 67.0 Å². The number of phenolic OH excluding ortho intramolecular Hbond substituents is 1. The zero-order valence-electron chi connectivity index (χ0n) is 18.3. The van der Waals surface area contributed by atoms with Crippen LogP contribution in [0.25, 0.3) is 5.76 Å². The van der Waals surface area contributed by atoms with Crippen LogP contribution in [0.1, 0.15) is 31.0 Å². The molecule has 2 heterocycles. The molecule has 0 radical (unpaired) electrons. The van der Waals surface area contributed by atoms with Gasteiger partial charge in [-0.05, 0) is 47.9 Å². The number of amides is 1. The van der Waals surface area contributed by atoms with E-state index in [1.165, 1.54) is 11.0 Å². The molecular weight excluding hydrogens is 420 g/mol. The Hall–Kier alpha value is -4.13. The van der Waals surface area contributed by atoms with Gasteiger partial charge in [0.25, 0.3) is 11.7 Å². The molecule has 3 aromatic rings. The van der Waals surface area contributed by atoms with Gasteiger partial charge < -0.3 is 14.9 Å². The summed E-state index contributed by atoms with van der Waals surface area (Å²) in [5, 5.41) is 21.6. The summed E-state index contributed by atoms with van der Waals surface area (Å²) >= 11 is 0. The Kier molecular flexibility index (Phi) is 6.13. The van der Waals surface area contributed by atoms with E-state index in [0.717, 1.165) is 0 Å². The first-order valence-corrected chi connectivity index (χ1v) is 10.6. The number of aliphatic hydroxyl groups is 1. The van der Waals surface area contributed by atoms with E-state index >= 15 is 0 Å². The highest BCUT2D eigenvalue weighted by atomic mass is 16.5. The van der Waals surface area contributed by atoms with E-state index in [9.17, 15) is 19.8 Å². The van der Waals surface area contributed by atoms with E-state index in [4.69, 9.17) is 4.74 Å². The number of rotatable bonds is 6. The minimum atomic E-state index is -0.943. The van der Waals surface area contributed by atoms with Gasteiger partial charge in [0.1, 0.15) is 17.3 Å². The molecule has 1 unspecified atom stereocenters. The number of aromatic hydroxyl groups is 1. The van der Waals surface area contributed by atoms with Crippen LogP contribution in [0.3, 0.4) is 0 Å². The van der Waals surface area contributed by atoms with Gasteiger partial charge in [0, 0.05) is 18.0 Å². The summed E-state index contributed by atoms with van der Waals surface area (Å²) in [6.45, 7) is 4.55. The second-order valence-corrected chi connectivity index (χ2v) is 8.17. The van der Waals surface area contributed by atoms with Crippen molar-refractivity contribution in [1.82, 2.24) is 4.98 Å². The summed E-state index contributed by atoms with van der Waals surface area (Å²) in [4.78, 5) is 31.5. The summed E-state index contributed by atoms with van der Waals surface area (Å²) < 4.78 is 5.75. The molecule has 1 aromatic heterocycles. The fourth-order valence-corrected chi connectivity index (χ4v) is 3.76. The SMILES string of the molecule is CC(C)COc1cccc(/C(O)=C2\C(=O)C(=O)N(c3ccccc3O)C2c2ccncc2)c1. The van der Waals surface area contributed by atoms with Gasteiger partial charge >= 0.3 is 0 Å². The first kappa shape index (κ1) is 22.1. The largest absolute Gasteiger partial charge is 0.507 e. The number of aromatic nitrogens is 1. The second kappa shape index (κ2) is 9.16. The molecule has 1 saturated heterocycles. The molecule has 0 aliphatic carbocycles. The van der Waals surface area contributed by atoms with Crippen molar-refractivity contribution >= 4 is 23.1 Å². The van der Waals surface area contributed by atoms with Crippen molar-refractivity contribution in [3.8, 4) is 11.5 Å². The van der Waals surface area contributed by atoms with E-state index in [1.807, 2.05) is 13.8 Å². The second-order valence-electron chi connectivity index (χ2n) is 8.17. The molecule has 0 spiro atoms. The van der Waals surface area contributed by atoms with Crippen LogP contribution in [0.4, 0.5) is 5.69 Å². The average molecular weight is 444 g/mol. The molecule has 0 saturated carbocycles. The lowest BCUT2D eigenvalue weighted by Crippen LogP contribution is -2.29. The van der Waals surface area contributed by atoms with Crippen molar-refractivity contribution in [2.24, 2.45) is 5.92 Å². The highest BCUT2D eigenvalue weighted by Crippen LogP contribution is 2.44. The average Bonchev–Trinajstić information content (AvgIpc) is 3.08. The van der Waals surface area contributed by atoms with E-state index < -0.39 is 17.7 Å².